The summed E-state index contributed by atoms with van der Waals surface area (Å²) in [5.41, 5.74) is 0. The standard InChI is InChI=1S/C58H103N5O24P2/c1-38-53(74)55(76)47(34-65)85-57(38)80-27-16-12-20-49(70)60-25-15-11-18-45(61-50(71)21-13-17-28-81-58-39(2)54(75)56(77)48(35-66)86-58)46(69)19-8-5-6-9-22-51(72)62-32-43(68)30-41(62)36-82-88(78)87-44-31-42(37-84-89(4,79)83-29-26-64)63(33-44)52(73)23-10-7-14-24-59-40(3)67/h38-39,41-45,47-48,53-58,64-66,68,74-77H,5-37H2,1-4H3,(H2-,59,60,61,67,70,71)/p+1/t38?,39?,41?,42?,43-,44-,45+,47?,48?,53?,54?,55?,56?,57?,58?,89?/m1/s1. The van der Waals surface area contributed by atoms with Gasteiger partial charge in [0.25, 0.3) is 0 Å². The molecule has 0 saturated carbocycles. The van der Waals surface area contributed by atoms with E-state index in [-0.39, 0.29) is 133 Å². The van der Waals surface area contributed by atoms with Gasteiger partial charge in [0.15, 0.2) is 18.4 Å². The van der Waals surface area contributed by atoms with Crippen molar-refractivity contribution in [2.45, 2.75) is 235 Å². The van der Waals surface area contributed by atoms with Crippen molar-refractivity contribution in [2.24, 2.45) is 11.8 Å². The molecule has 0 bridgehead atoms. The molecule has 0 aromatic rings. The third-order valence-electron chi connectivity index (χ3n) is 16.4. The first-order valence-electron chi connectivity index (χ1n) is 31.8. The van der Waals surface area contributed by atoms with Gasteiger partial charge in [-0.1, -0.05) is 33.1 Å². The summed E-state index contributed by atoms with van der Waals surface area (Å²) in [7, 11) is -6.32. The van der Waals surface area contributed by atoms with E-state index in [1.165, 1.54) is 23.4 Å². The maximum Gasteiger partial charge on any atom is 0.697 e. The first kappa shape index (κ1) is 78.2. The molecule has 4 heterocycles. The van der Waals surface area contributed by atoms with Crippen LogP contribution in [0.15, 0.2) is 0 Å². The van der Waals surface area contributed by atoms with Crippen LogP contribution >= 0.6 is 15.9 Å². The maximum atomic E-state index is 13.7. The first-order chi connectivity index (χ1) is 42.5. The lowest BCUT2D eigenvalue weighted by molar-refractivity contribution is -0.282. The minimum absolute atomic E-state index is 0.0526. The highest BCUT2D eigenvalue weighted by molar-refractivity contribution is 7.52. The zero-order valence-electron chi connectivity index (χ0n) is 52.4. The Labute approximate surface area is 523 Å². The van der Waals surface area contributed by atoms with E-state index in [1.54, 1.807) is 13.8 Å². The molecule has 4 aliphatic heterocycles. The fraction of sp³-hybridized carbons (Fsp3) is 0.897. The second-order valence-corrected chi connectivity index (χ2v) is 26.8. The lowest BCUT2D eigenvalue weighted by Gasteiger charge is -2.40. The largest absolute Gasteiger partial charge is 0.697 e. The van der Waals surface area contributed by atoms with Crippen molar-refractivity contribution in [3.8, 4) is 0 Å². The number of hydrogen-bond donors (Lipinski definition) is 11. The van der Waals surface area contributed by atoms with Crippen molar-refractivity contribution >= 4 is 51.2 Å². The number of amides is 5. The van der Waals surface area contributed by atoms with Crippen LogP contribution in [0.25, 0.3) is 0 Å². The van der Waals surface area contributed by atoms with E-state index in [0.29, 0.717) is 103 Å². The highest BCUT2D eigenvalue weighted by Crippen LogP contribution is 2.45. The highest BCUT2D eigenvalue weighted by Gasteiger charge is 2.45. The first-order valence-corrected chi connectivity index (χ1v) is 34.9. The second kappa shape index (κ2) is 42.1. The number of rotatable bonds is 45. The zero-order chi connectivity index (χ0) is 65.5. The average molecular weight is 1320 g/mol. The van der Waals surface area contributed by atoms with Crippen LogP contribution in [0.5, 0.6) is 0 Å². The van der Waals surface area contributed by atoms with E-state index in [9.17, 15) is 73.6 Å². The van der Waals surface area contributed by atoms with E-state index in [0.717, 1.165) is 0 Å². The van der Waals surface area contributed by atoms with Crippen molar-refractivity contribution in [2.75, 3.05) is 85.7 Å². The van der Waals surface area contributed by atoms with Gasteiger partial charge < -0.3 is 94.6 Å². The Hall–Kier alpha value is -3.29. The Morgan fingerprint density at radius 2 is 1.12 bits per heavy atom. The van der Waals surface area contributed by atoms with Crippen LogP contribution < -0.4 is 16.0 Å². The second-order valence-electron chi connectivity index (χ2n) is 23.8. The molecule has 0 aromatic heterocycles. The summed E-state index contributed by atoms with van der Waals surface area (Å²) in [4.78, 5) is 80.6. The quantitative estimate of drug-likeness (QED) is 0.0303. The van der Waals surface area contributed by atoms with Gasteiger partial charge in [0.1, 0.15) is 37.1 Å². The molecule has 0 aliphatic carbocycles. The molecule has 11 N–H and O–H groups in total. The Morgan fingerprint density at radius 3 is 1.70 bits per heavy atom. The fourth-order valence-corrected chi connectivity index (χ4v) is 12.8. The molecule has 4 saturated heterocycles. The third kappa shape index (κ3) is 28.5. The minimum Gasteiger partial charge on any atom is -0.394 e. The van der Waals surface area contributed by atoms with Crippen LogP contribution in [-0.4, -0.2) is 251 Å². The molecule has 0 spiro atoms. The van der Waals surface area contributed by atoms with Crippen LogP contribution in [0.1, 0.15) is 156 Å². The lowest BCUT2D eigenvalue weighted by Crippen LogP contribution is -2.55. The topological polar surface area (TPSA) is 415 Å². The van der Waals surface area contributed by atoms with E-state index < -0.39 is 120 Å². The molecule has 4 fully saturated rings. The summed E-state index contributed by atoms with van der Waals surface area (Å²) >= 11 is 0. The van der Waals surface area contributed by atoms with Crippen molar-refractivity contribution in [1.82, 2.24) is 25.8 Å². The number of nitrogens with one attached hydrogen (secondary N) is 3. The van der Waals surface area contributed by atoms with Gasteiger partial charge in [-0.05, 0) is 77.0 Å². The number of unbranched alkanes of at least 4 members (excludes halogenated alkanes) is 8. The normalized spacial score (nSPS) is 28.3. The number of hydrogen-bond acceptors (Lipinski definition) is 24. The van der Waals surface area contributed by atoms with Gasteiger partial charge in [-0.25, -0.2) is 0 Å². The number of β-amino-alcohol motifs (C(OH)–C–C–N with tert-alkyl or cyclic N) is 1. The van der Waals surface area contributed by atoms with Gasteiger partial charge in [-0.3, -0.25) is 33.3 Å². The Morgan fingerprint density at radius 1 is 0.607 bits per heavy atom. The molecule has 0 aromatic carbocycles. The Balaban J connectivity index is 1.19. The Kier molecular flexibility index (Phi) is 37.0. The van der Waals surface area contributed by atoms with Crippen LogP contribution in [0.3, 0.4) is 0 Å². The average Bonchev–Trinajstić information content (AvgIpc) is 2.34. The number of carbonyl (C=O) groups excluding carboxylic acids is 6. The molecule has 89 heavy (non-hydrogen) atoms. The smallest absolute Gasteiger partial charge is 0.394 e. The highest BCUT2D eigenvalue weighted by atomic mass is 31.2. The van der Waals surface area contributed by atoms with E-state index in [2.05, 4.69) is 16.0 Å². The predicted molar refractivity (Wildman–Crippen MR) is 319 cm³/mol. The number of ketones is 1. The molecule has 14 unspecified atom stereocenters. The molecular weight excluding hydrogens is 1210 g/mol. The Bertz CT molecular complexity index is 2190. The molecule has 29 nitrogen and oxygen atoms in total. The van der Waals surface area contributed by atoms with Gasteiger partial charge in [0.05, 0.1) is 76.0 Å². The van der Waals surface area contributed by atoms with Gasteiger partial charge >= 0.3 is 15.9 Å². The molecule has 514 valence electrons. The monoisotopic (exact) mass is 1320 g/mol. The number of carbonyl (C=O) groups is 6. The van der Waals surface area contributed by atoms with Crippen molar-refractivity contribution in [3.05, 3.63) is 0 Å². The number of aliphatic hydroxyl groups is 8. The van der Waals surface area contributed by atoms with Crippen molar-refractivity contribution in [1.29, 1.82) is 0 Å². The number of nitrogens with zero attached hydrogens (tertiary/aromatic N) is 2. The summed E-state index contributed by atoms with van der Waals surface area (Å²) < 4.78 is 70.8. The lowest BCUT2D eigenvalue weighted by atomic mass is 9.92. The molecular formula is C58H104N5O24P2+. The van der Waals surface area contributed by atoms with Gasteiger partial charge in [-0.2, -0.15) is 0 Å². The third-order valence-corrected chi connectivity index (χ3v) is 18.5. The summed E-state index contributed by atoms with van der Waals surface area (Å²) in [6.07, 6.45) is -1.38. The number of ether oxygens (including phenoxy) is 4. The summed E-state index contributed by atoms with van der Waals surface area (Å²) in [5.74, 6) is -2.33. The van der Waals surface area contributed by atoms with E-state index >= 15 is 0 Å². The molecule has 31 heteroatoms. The molecule has 4 aliphatic rings. The van der Waals surface area contributed by atoms with Crippen molar-refractivity contribution < 1.29 is 116 Å². The minimum atomic E-state index is -3.57. The summed E-state index contributed by atoms with van der Waals surface area (Å²) in [6.45, 7) is 5.47. The zero-order valence-corrected chi connectivity index (χ0v) is 54.2. The van der Waals surface area contributed by atoms with Crippen molar-refractivity contribution in [3.63, 3.8) is 0 Å². The number of likely N-dealkylation sites (tertiary alicyclic amines) is 2. The SMILES string of the molecule is CC(=O)NCCCCCC(=O)N1C[C@H](O[P+](=O)OCC2C[C@@H](O)CN2C(=O)CCCCCCC(=O)[C@H](CCCCNC(=O)CCCCOC2OC(CO)C(O)C(O)C2C)NC(=O)CCCCOC2OC(CO)C(O)C(O)C2C)CC1COP(C)(=O)OCCO. The number of Topliss-reactive ketones (excluding diaryl/α,β-unsaturated/α-hetero) is 1. The van der Waals surface area contributed by atoms with E-state index in [1.807, 2.05) is 0 Å². The molecule has 17 atom stereocenters. The molecule has 0 radical (unpaired) electrons. The van der Waals surface area contributed by atoms with Crippen LogP contribution in [0.4, 0.5) is 0 Å². The molecule has 4 rings (SSSR count). The summed E-state index contributed by atoms with van der Waals surface area (Å²) in [5, 5.41) is 88.0. The van der Waals surface area contributed by atoms with Crippen LogP contribution in [0, 0.1) is 11.8 Å². The number of aliphatic hydroxyl groups excluding tert-OH is 8. The van der Waals surface area contributed by atoms with Gasteiger partial charge in [0.2, 0.25) is 29.5 Å². The maximum absolute atomic E-state index is 13.7. The van der Waals surface area contributed by atoms with Crippen LogP contribution in [-0.2, 0) is 74.9 Å². The fourth-order valence-electron chi connectivity index (χ4n) is 11.1. The van der Waals surface area contributed by atoms with Gasteiger partial charge in [0, 0.05) is 101 Å². The summed E-state index contributed by atoms with van der Waals surface area (Å²) in [6, 6.07) is -1.97. The van der Waals surface area contributed by atoms with Crippen LogP contribution in [0.2, 0.25) is 0 Å². The van der Waals surface area contributed by atoms with Gasteiger partial charge in [-0.15, -0.1) is 9.05 Å². The van der Waals surface area contributed by atoms with E-state index in [4.69, 9.17) is 42.1 Å². The predicted octanol–water partition coefficient (Wildman–Crippen LogP) is 1.36. The molecule has 5 amide bonds.